The SMILES string of the molecule is CC#N.CC#N.Cc1ccc([O-])c([PH+](c2ccccc2)c2cc(C)ccc2O)c1.Cc1ccc([O-])c([PH+](c2ccccc2)c2cc(C)ccc2[O-])c1.[O-2].[Re]. The molecule has 0 saturated heterocycles. The summed E-state index contributed by atoms with van der Waals surface area (Å²) in [4.78, 5) is 0. The number of hydrogen-bond acceptors (Lipinski definition) is 6. The summed E-state index contributed by atoms with van der Waals surface area (Å²) in [6.45, 7) is 10.8. The van der Waals surface area contributed by atoms with Crippen LogP contribution in [0.1, 0.15) is 36.1 Å². The number of phenolic OH excluding ortho intramolecular Hbond substituents is 1. The fraction of sp³-hybridized carbons (Fsp3) is 0.136. The summed E-state index contributed by atoms with van der Waals surface area (Å²) in [6, 6.07) is 45.2. The van der Waals surface area contributed by atoms with Crippen molar-refractivity contribution in [3.8, 4) is 35.1 Å². The van der Waals surface area contributed by atoms with Crippen molar-refractivity contribution in [1.29, 1.82) is 10.5 Å². The van der Waals surface area contributed by atoms with Crippen LogP contribution in [0.3, 0.4) is 0 Å². The smallest absolute Gasteiger partial charge is 0.158 e. The Morgan fingerprint density at radius 2 is 0.722 bits per heavy atom. The number of aromatic hydroxyl groups is 1. The second kappa shape index (κ2) is 23.6. The van der Waals surface area contributed by atoms with Gasteiger partial charge in [-0.15, -0.1) is 0 Å². The molecule has 7 nitrogen and oxygen atoms in total. The zero-order valence-electron chi connectivity index (χ0n) is 31.1. The van der Waals surface area contributed by atoms with Crippen LogP contribution in [-0.4, -0.2) is 5.11 Å². The number of rotatable bonds is 6. The molecule has 0 aliphatic heterocycles. The summed E-state index contributed by atoms with van der Waals surface area (Å²) >= 11 is 0. The molecule has 0 aliphatic carbocycles. The van der Waals surface area contributed by atoms with Gasteiger partial charge in [-0.3, -0.25) is 0 Å². The average molecular weight is 928 g/mol. The maximum atomic E-state index is 12.5. The molecule has 1 N–H and O–H groups in total. The standard InChI is InChI=1S/2C20H19O2P.2C2H3N.O.Re/c2*1-14-8-10-17(21)19(12-14)23(16-6-4-3-5-7-16)20-13-15(2)9-11-18(20)22;2*1-2-3;;/h2*3-13,21-22H,1-2H3;2*1H3;;/q;;;;-2;/p-1. The van der Waals surface area contributed by atoms with Crippen LogP contribution in [0.15, 0.2) is 133 Å². The molecule has 1 unspecified atom stereocenters. The van der Waals surface area contributed by atoms with Crippen molar-refractivity contribution in [1.82, 2.24) is 0 Å². The summed E-state index contributed by atoms with van der Waals surface area (Å²) in [5.74, 6) is 0.312. The van der Waals surface area contributed by atoms with Gasteiger partial charge >= 0.3 is 0 Å². The Hall–Kier alpha value is -5.02. The minimum Gasteiger partial charge on any atom is -2.00 e. The minimum absolute atomic E-state index is 0. The summed E-state index contributed by atoms with van der Waals surface area (Å²) in [5, 5.41) is 67.8. The van der Waals surface area contributed by atoms with Gasteiger partial charge in [0.1, 0.15) is 23.8 Å². The Morgan fingerprint density at radius 1 is 0.463 bits per heavy atom. The van der Waals surface area contributed by atoms with E-state index in [9.17, 15) is 20.4 Å². The third kappa shape index (κ3) is 13.1. The molecule has 6 aromatic carbocycles. The van der Waals surface area contributed by atoms with E-state index >= 15 is 0 Å². The number of hydrogen-bond donors (Lipinski definition) is 1. The van der Waals surface area contributed by atoms with E-state index in [4.69, 9.17) is 10.5 Å². The summed E-state index contributed by atoms with van der Waals surface area (Å²) in [6.07, 6.45) is 0. The first-order valence-corrected chi connectivity index (χ1v) is 19.6. The Balaban J connectivity index is 0.000000457. The first-order chi connectivity index (χ1) is 24.9. The van der Waals surface area contributed by atoms with Crippen molar-refractivity contribution in [2.75, 3.05) is 0 Å². The molecule has 0 heterocycles. The molecule has 54 heavy (non-hydrogen) atoms. The average Bonchev–Trinajstić information content (AvgIpc) is 3.13. The quantitative estimate of drug-likeness (QED) is 0.218. The van der Waals surface area contributed by atoms with E-state index in [2.05, 4.69) is 0 Å². The third-order valence-corrected chi connectivity index (χ3v) is 13.3. The van der Waals surface area contributed by atoms with Crippen molar-refractivity contribution in [2.45, 2.75) is 41.5 Å². The van der Waals surface area contributed by atoms with Gasteiger partial charge in [-0.25, -0.2) is 0 Å². The number of benzene rings is 6. The molecular weight excluding hydrogens is 885 g/mol. The van der Waals surface area contributed by atoms with Gasteiger partial charge in [0.15, 0.2) is 5.75 Å². The van der Waals surface area contributed by atoms with Crippen molar-refractivity contribution in [3.05, 3.63) is 156 Å². The molecule has 0 fully saturated rings. The summed E-state index contributed by atoms with van der Waals surface area (Å²) in [7, 11) is -3.15. The maximum Gasteiger partial charge on any atom is 0.158 e. The van der Waals surface area contributed by atoms with Gasteiger partial charge in [0.05, 0.1) is 36.0 Å². The van der Waals surface area contributed by atoms with Crippen molar-refractivity contribution >= 4 is 47.7 Å². The van der Waals surface area contributed by atoms with Gasteiger partial charge in [0, 0.05) is 34.3 Å². The van der Waals surface area contributed by atoms with Gasteiger partial charge in [-0.2, -0.15) is 10.5 Å². The zero-order valence-corrected chi connectivity index (χ0v) is 35.8. The van der Waals surface area contributed by atoms with Crippen molar-refractivity contribution in [2.24, 2.45) is 0 Å². The Bertz CT molecular complexity index is 1900. The van der Waals surface area contributed by atoms with Crippen molar-refractivity contribution < 1.29 is 46.3 Å². The van der Waals surface area contributed by atoms with Crippen LogP contribution >= 0.6 is 15.8 Å². The molecule has 1 radical (unpaired) electrons. The number of aryl methyl sites for hydroxylation is 4. The molecule has 279 valence electrons. The fourth-order valence-electron chi connectivity index (χ4n) is 5.49. The van der Waals surface area contributed by atoms with E-state index in [1.165, 1.54) is 13.8 Å². The van der Waals surface area contributed by atoms with Gasteiger partial charge in [0.25, 0.3) is 0 Å². The number of nitriles is 2. The molecule has 0 aromatic heterocycles. The van der Waals surface area contributed by atoms with Crippen LogP contribution in [0.2, 0.25) is 0 Å². The molecule has 0 saturated carbocycles. The maximum absolute atomic E-state index is 12.5. The van der Waals surface area contributed by atoms with Gasteiger partial charge < -0.3 is 25.9 Å². The Labute approximate surface area is 335 Å². The predicted octanol–water partition coefficient (Wildman–Crippen LogP) is 5.45. The monoisotopic (exact) mass is 928 g/mol. The minimum atomic E-state index is -1.61. The van der Waals surface area contributed by atoms with Crippen LogP contribution in [0.4, 0.5) is 0 Å². The molecular formula is C44H43N2O5P2Re-3. The molecule has 0 aliphatic rings. The van der Waals surface area contributed by atoms with E-state index in [1.807, 2.05) is 137 Å². The molecule has 0 spiro atoms. The van der Waals surface area contributed by atoms with Crippen LogP contribution in [0.5, 0.6) is 23.0 Å². The van der Waals surface area contributed by atoms with Gasteiger partial charge in [-0.05, 0) is 105 Å². The number of phenols is 1. The topological polar surface area (TPSA) is 165 Å². The second-order valence-electron chi connectivity index (χ2n) is 11.9. The van der Waals surface area contributed by atoms with E-state index in [1.54, 1.807) is 36.4 Å². The van der Waals surface area contributed by atoms with Crippen LogP contribution in [0, 0.1) is 50.4 Å². The summed E-state index contributed by atoms with van der Waals surface area (Å²) < 4.78 is 0. The second-order valence-corrected chi connectivity index (χ2v) is 16.8. The molecule has 0 amide bonds. The largest absolute Gasteiger partial charge is 2.00 e. The molecule has 10 heteroatoms. The van der Waals surface area contributed by atoms with E-state index in [-0.39, 0.29) is 48.9 Å². The molecule has 6 aromatic rings. The van der Waals surface area contributed by atoms with Crippen LogP contribution < -0.4 is 47.1 Å². The molecule has 1 atom stereocenters. The van der Waals surface area contributed by atoms with Gasteiger partial charge in [-0.1, -0.05) is 96.1 Å². The predicted molar refractivity (Wildman–Crippen MR) is 215 cm³/mol. The fourth-order valence-corrected chi connectivity index (χ4v) is 11.2. The van der Waals surface area contributed by atoms with Crippen LogP contribution in [-0.2, 0) is 25.9 Å². The van der Waals surface area contributed by atoms with Gasteiger partial charge in [0.2, 0.25) is 0 Å². The Morgan fingerprint density at radius 3 is 1.04 bits per heavy atom. The Kier molecular flexibility index (Phi) is 20.5. The van der Waals surface area contributed by atoms with E-state index in [0.717, 1.165) is 54.1 Å². The van der Waals surface area contributed by atoms with Crippen LogP contribution in [0.25, 0.3) is 0 Å². The normalized spacial score (nSPS) is 10.1. The van der Waals surface area contributed by atoms with E-state index < -0.39 is 15.8 Å². The third-order valence-electron chi connectivity index (χ3n) is 7.76. The first-order valence-electron chi connectivity index (χ1n) is 16.6. The zero-order chi connectivity index (χ0) is 38.2. The van der Waals surface area contributed by atoms with E-state index in [0.29, 0.717) is 0 Å². The van der Waals surface area contributed by atoms with Crippen molar-refractivity contribution in [3.63, 3.8) is 0 Å². The molecule has 6 rings (SSSR count). The first kappa shape index (κ1) is 47.0. The molecule has 0 bridgehead atoms. The summed E-state index contributed by atoms with van der Waals surface area (Å²) in [5.41, 5.74) is 4.22. The number of nitrogens with zero attached hydrogens (tertiary/aromatic N) is 2.